The molecular weight excluding hydrogens is 334 g/mol. The zero-order valence-electron chi connectivity index (χ0n) is 14.8. The van der Waals surface area contributed by atoms with Gasteiger partial charge in [-0.2, -0.15) is 0 Å². The Balaban J connectivity index is 1.97. The van der Waals surface area contributed by atoms with Crippen molar-refractivity contribution in [3.8, 4) is 11.5 Å². The maximum Gasteiger partial charge on any atom is 0.308 e. The summed E-state index contributed by atoms with van der Waals surface area (Å²) in [6.07, 6.45) is 3.16. The van der Waals surface area contributed by atoms with Crippen LogP contribution in [0.1, 0.15) is 43.2 Å². The standard InChI is InChI=1S/C20H23NO3S/c1-13(2)21-9-4-5-17-18-11-16(24-14(3)22)6-7-19(18)23-12-15-8-10-25-20(15)17/h5-8,10-11,13,21H,4,9,12H2,1-3H3/b17-5+. The number of nitrogens with one attached hydrogen (secondary N) is 1. The molecule has 2 heterocycles. The Morgan fingerprint density at radius 3 is 3.00 bits per heavy atom. The van der Waals surface area contributed by atoms with Crippen molar-refractivity contribution >= 4 is 22.9 Å². The number of fused-ring (bicyclic) bond motifs is 2. The molecule has 5 heteroatoms. The van der Waals surface area contributed by atoms with Gasteiger partial charge in [0, 0.05) is 29.0 Å². The first-order valence-electron chi connectivity index (χ1n) is 8.50. The topological polar surface area (TPSA) is 47.6 Å². The van der Waals surface area contributed by atoms with Gasteiger partial charge in [-0.05, 0) is 48.2 Å². The zero-order chi connectivity index (χ0) is 17.8. The molecule has 1 aliphatic heterocycles. The molecule has 0 fully saturated rings. The molecule has 0 bridgehead atoms. The van der Waals surface area contributed by atoms with E-state index in [1.807, 2.05) is 12.1 Å². The van der Waals surface area contributed by atoms with E-state index in [1.165, 1.54) is 17.4 Å². The van der Waals surface area contributed by atoms with Crippen LogP contribution >= 0.6 is 11.3 Å². The SMILES string of the molecule is CC(=O)Oc1ccc2c(c1)/C(=C\CCNC(C)C)c1sccc1CO2. The van der Waals surface area contributed by atoms with Crippen molar-refractivity contribution in [3.63, 3.8) is 0 Å². The molecule has 2 aromatic rings. The van der Waals surface area contributed by atoms with Crippen LogP contribution in [0, 0.1) is 0 Å². The molecule has 0 aliphatic carbocycles. The van der Waals surface area contributed by atoms with Crippen LogP contribution in [0.25, 0.3) is 5.57 Å². The first-order chi connectivity index (χ1) is 12.0. The van der Waals surface area contributed by atoms with Crippen molar-refractivity contribution in [1.82, 2.24) is 5.32 Å². The predicted octanol–water partition coefficient (Wildman–Crippen LogP) is 4.39. The van der Waals surface area contributed by atoms with Gasteiger partial charge < -0.3 is 14.8 Å². The molecular formula is C20H23NO3S. The van der Waals surface area contributed by atoms with Gasteiger partial charge in [-0.1, -0.05) is 19.9 Å². The Morgan fingerprint density at radius 1 is 1.40 bits per heavy atom. The number of carbonyl (C=O) groups excluding carboxylic acids is 1. The Kier molecular flexibility index (Phi) is 5.56. The van der Waals surface area contributed by atoms with E-state index in [2.05, 4.69) is 36.7 Å². The second kappa shape index (κ2) is 7.85. The summed E-state index contributed by atoms with van der Waals surface area (Å²) in [5.41, 5.74) is 3.32. The lowest BCUT2D eigenvalue weighted by molar-refractivity contribution is -0.131. The highest BCUT2D eigenvalue weighted by atomic mass is 32.1. The van der Waals surface area contributed by atoms with Crippen LogP contribution in [0.15, 0.2) is 35.7 Å². The van der Waals surface area contributed by atoms with Crippen molar-refractivity contribution in [3.05, 3.63) is 51.7 Å². The van der Waals surface area contributed by atoms with E-state index in [0.717, 1.165) is 29.9 Å². The van der Waals surface area contributed by atoms with Crippen molar-refractivity contribution < 1.29 is 14.3 Å². The molecule has 1 aliphatic rings. The van der Waals surface area contributed by atoms with Gasteiger partial charge in [-0.15, -0.1) is 11.3 Å². The van der Waals surface area contributed by atoms with Gasteiger partial charge in [0.05, 0.1) is 0 Å². The van der Waals surface area contributed by atoms with Crippen LogP contribution in [0.4, 0.5) is 0 Å². The Morgan fingerprint density at radius 2 is 2.24 bits per heavy atom. The Bertz CT molecular complexity index is 792. The average Bonchev–Trinajstić information content (AvgIpc) is 2.96. The van der Waals surface area contributed by atoms with Crippen molar-refractivity contribution in [1.29, 1.82) is 0 Å². The fourth-order valence-electron chi connectivity index (χ4n) is 2.83. The Hall–Kier alpha value is -2.11. The predicted molar refractivity (Wildman–Crippen MR) is 101 cm³/mol. The van der Waals surface area contributed by atoms with E-state index in [-0.39, 0.29) is 5.97 Å². The minimum atomic E-state index is -0.321. The summed E-state index contributed by atoms with van der Waals surface area (Å²) in [5.74, 6) is 1.04. The van der Waals surface area contributed by atoms with E-state index in [0.29, 0.717) is 18.4 Å². The molecule has 1 aromatic carbocycles. The highest BCUT2D eigenvalue weighted by Gasteiger charge is 2.21. The molecule has 0 atom stereocenters. The van der Waals surface area contributed by atoms with E-state index < -0.39 is 0 Å². The van der Waals surface area contributed by atoms with Crippen molar-refractivity contribution in [2.24, 2.45) is 0 Å². The fraction of sp³-hybridized carbons (Fsp3) is 0.350. The number of benzene rings is 1. The van der Waals surface area contributed by atoms with E-state index in [1.54, 1.807) is 17.4 Å². The second-order valence-corrected chi connectivity index (χ2v) is 7.25. The lowest BCUT2D eigenvalue weighted by Crippen LogP contribution is -2.23. The Labute approximate surface area is 152 Å². The highest BCUT2D eigenvalue weighted by Crippen LogP contribution is 2.41. The quantitative estimate of drug-likeness (QED) is 0.490. The molecule has 0 saturated carbocycles. The summed E-state index contributed by atoms with van der Waals surface area (Å²) in [6.45, 7) is 7.17. The lowest BCUT2D eigenvalue weighted by Gasteiger charge is -2.12. The second-order valence-electron chi connectivity index (χ2n) is 6.33. The number of hydrogen-bond donors (Lipinski definition) is 1. The average molecular weight is 357 g/mol. The molecule has 1 aromatic heterocycles. The molecule has 3 rings (SSSR count). The van der Waals surface area contributed by atoms with Gasteiger partial charge in [0.15, 0.2) is 0 Å². The minimum absolute atomic E-state index is 0.321. The van der Waals surface area contributed by atoms with Crippen LogP contribution in [0.3, 0.4) is 0 Å². The molecule has 4 nitrogen and oxygen atoms in total. The van der Waals surface area contributed by atoms with Crippen LogP contribution in [-0.4, -0.2) is 18.6 Å². The monoisotopic (exact) mass is 357 g/mol. The number of thiophene rings is 1. The van der Waals surface area contributed by atoms with Crippen LogP contribution in [0.5, 0.6) is 11.5 Å². The maximum atomic E-state index is 11.3. The molecule has 0 spiro atoms. The third-order valence-corrected chi connectivity index (χ3v) is 4.91. The van der Waals surface area contributed by atoms with Crippen LogP contribution in [-0.2, 0) is 11.4 Å². The summed E-state index contributed by atoms with van der Waals surface area (Å²) < 4.78 is 11.2. The van der Waals surface area contributed by atoms with Crippen LogP contribution < -0.4 is 14.8 Å². The van der Waals surface area contributed by atoms with Gasteiger partial charge in [-0.3, -0.25) is 4.79 Å². The van der Waals surface area contributed by atoms with Gasteiger partial charge in [-0.25, -0.2) is 0 Å². The number of ether oxygens (including phenoxy) is 2. The van der Waals surface area contributed by atoms with Gasteiger partial charge in [0.1, 0.15) is 18.1 Å². The normalized spacial score (nSPS) is 14.6. The number of carbonyl (C=O) groups is 1. The van der Waals surface area contributed by atoms with E-state index in [4.69, 9.17) is 9.47 Å². The molecule has 132 valence electrons. The summed E-state index contributed by atoms with van der Waals surface area (Å²) in [6, 6.07) is 8.13. The van der Waals surface area contributed by atoms with Crippen LogP contribution in [0.2, 0.25) is 0 Å². The largest absolute Gasteiger partial charge is 0.488 e. The number of hydrogen-bond acceptors (Lipinski definition) is 5. The smallest absolute Gasteiger partial charge is 0.308 e. The molecule has 0 amide bonds. The summed E-state index contributed by atoms with van der Waals surface area (Å²) in [7, 11) is 0. The maximum absolute atomic E-state index is 11.3. The molecule has 1 N–H and O–H groups in total. The number of rotatable bonds is 5. The van der Waals surface area contributed by atoms with Crippen molar-refractivity contribution in [2.45, 2.75) is 39.8 Å². The van der Waals surface area contributed by atoms with E-state index >= 15 is 0 Å². The first-order valence-corrected chi connectivity index (χ1v) is 9.38. The molecule has 0 unspecified atom stereocenters. The van der Waals surface area contributed by atoms with Gasteiger partial charge in [0.2, 0.25) is 0 Å². The first kappa shape index (κ1) is 17.7. The van der Waals surface area contributed by atoms with Crippen molar-refractivity contribution in [2.75, 3.05) is 6.54 Å². The zero-order valence-corrected chi connectivity index (χ0v) is 15.6. The third kappa shape index (κ3) is 4.30. The molecule has 25 heavy (non-hydrogen) atoms. The van der Waals surface area contributed by atoms with E-state index in [9.17, 15) is 4.79 Å². The third-order valence-electron chi connectivity index (χ3n) is 3.92. The molecule has 0 radical (unpaired) electrons. The van der Waals surface area contributed by atoms with Gasteiger partial charge in [0.25, 0.3) is 0 Å². The molecule has 0 saturated heterocycles. The lowest BCUT2D eigenvalue weighted by atomic mass is 10.00. The number of esters is 1. The highest BCUT2D eigenvalue weighted by molar-refractivity contribution is 7.11. The minimum Gasteiger partial charge on any atom is -0.488 e. The van der Waals surface area contributed by atoms with Gasteiger partial charge >= 0.3 is 5.97 Å². The summed E-state index contributed by atoms with van der Waals surface area (Å²) in [5, 5.41) is 5.53. The summed E-state index contributed by atoms with van der Waals surface area (Å²) >= 11 is 1.72. The fourth-order valence-corrected chi connectivity index (χ4v) is 3.80. The summed E-state index contributed by atoms with van der Waals surface area (Å²) in [4.78, 5) is 12.5.